The minimum Gasteiger partial charge on any atom is -0.481 e. The van der Waals surface area contributed by atoms with Crippen LogP contribution in [0.3, 0.4) is 0 Å². The lowest BCUT2D eigenvalue weighted by molar-refractivity contribution is -0.120. The van der Waals surface area contributed by atoms with Gasteiger partial charge in [0.25, 0.3) is 5.91 Å². The number of para-hydroxylation sites is 1. The number of amides is 2. The number of carbonyl (C=O) groups excluding carboxylic acids is 2. The van der Waals surface area contributed by atoms with Gasteiger partial charge in [-0.1, -0.05) is 24.3 Å². The van der Waals surface area contributed by atoms with E-state index < -0.39 is 5.82 Å². The number of anilines is 1. The maximum Gasteiger partial charge on any atom is 0.262 e. The maximum absolute atomic E-state index is 13.4. The van der Waals surface area contributed by atoms with E-state index in [2.05, 4.69) is 10.6 Å². The van der Waals surface area contributed by atoms with Gasteiger partial charge >= 0.3 is 0 Å². The van der Waals surface area contributed by atoms with Crippen molar-refractivity contribution in [2.45, 2.75) is 25.3 Å². The van der Waals surface area contributed by atoms with E-state index in [1.165, 1.54) is 12.1 Å². The van der Waals surface area contributed by atoms with Gasteiger partial charge in [0.1, 0.15) is 0 Å². The molecule has 1 saturated carbocycles. The van der Waals surface area contributed by atoms with E-state index in [9.17, 15) is 14.0 Å². The first kappa shape index (κ1) is 17.0. The first-order chi connectivity index (χ1) is 12.1. The Balaban J connectivity index is 1.46. The molecule has 130 valence electrons. The highest BCUT2D eigenvalue weighted by atomic mass is 19.1. The zero-order valence-electron chi connectivity index (χ0n) is 13.6. The van der Waals surface area contributed by atoms with E-state index in [1.807, 2.05) is 0 Å². The van der Waals surface area contributed by atoms with Crippen molar-refractivity contribution < 1.29 is 18.7 Å². The van der Waals surface area contributed by atoms with Crippen LogP contribution in [0.15, 0.2) is 48.5 Å². The van der Waals surface area contributed by atoms with Gasteiger partial charge in [0.05, 0.1) is 6.42 Å². The Morgan fingerprint density at radius 3 is 2.44 bits per heavy atom. The van der Waals surface area contributed by atoms with Crippen molar-refractivity contribution in [1.82, 2.24) is 5.32 Å². The SMILES string of the molecule is O=C(COc1ccccc1F)Nc1ccc(CC(=O)NC2CC2)cc1. The van der Waals surface area contributed by atoms with Crippen LogP contribution in [0, 0.1) is 5.82 Å². The van der Waals surface area contributed by atoms with Crippen molar-refractivity contribution in [2.75, 3.05) is 11.9 Å². The normalized spacial score (nSPS) is 13.2. The predicted molar refractivity (Wildman–Crippen MR) is 91.8 cm³/mol. The molecule has 0 atom stereocenters. The molecule has 25 heavy (non-hydrogen) atoms. The Kier molecular flexibility index (Phi) is 5.28. The number of nitrogens with one attached hydrogen (secondary N) is 2. The lowest BCUT2D eigenvalue weighted by Gasteiger charge is -2.09. The molecule has 0 saturated heterocycles. The number of hydrogen-bond donors (Lipinski definition) is 2. The molecule has 1 aliphatic rings. The first-order valence-electron chi connectivity index (χ1n) is 8.15. The van der Waals surface area contributed by atoms with Crippen LogP contribution in [-0.4, -0.2) is 24.5 Å². The van der Waals surface area contributed by atoms with Crippen LogP contribution in [-0.2, 0) is 16.0 Å². The van der Waals surface area contributed by atoms with Crippen LogP contribution >= 0.6 is 0 Å². The fourth-order valence-corrected chi connectivity index (χ4v) is 2.30. The molecular formula is C19H19FN2O3. The Morgan fingerprint density at radius 1 is 1.04 bits per heavy atom. The Hall–Kier alpha value is -2.89. The van der Waals surface area contributed by atoms with Crippen LogP contribution in [0.1, 0.15) is 18.4 Å². The van der Waals surface area contributed by atoms with Gasteiger partial charge in [-0.25, -0.2) is 4.39 Å². The summed E-state index contributed by atoms with van der Waals surface area (Å²) in [5.41, 5.74) is 1.47. The largest absolute Gasteiger partial charge is 0.481 e. The van der Waals surface area contributed by atoms with E-state index in [0.717, 1.165) is 18.4 Å². The van der Waals surface area contributed by atoms with E-state index in [-0.39, 0.29) is 24.2 Å². The average molecular weight is 342 g/mol. The molecule has 1 aliphatic carbocycles. The molecule has 5 nitrogen and oxygen atoms in total. The quantitative estimate of drug-likeness (QED) is 0.813. The van der Waals surface area contributed by atoms with Gasteiger partial charge in [0, 0.05) is 11.7 Å². The second-order valence-electron chi connectivity index (χ2n) is 5.98. The van der Waals surface area contributed by atoms with Gasteiger partial charge in [0.2, 0.25) is 5.91 Å². The summed E-state index contributed by atoms with van der Waals surface area (Å²) in [5, 5.41) is 5.60. The molecule has 1 fully saturated rings. The Labute approximate surface area is 145 Å². The van der Waals surface area contributed by atoms with Gasteiger partial charge in [-0.3, -0.25) is 9.59 Å². The Bertz CT molecular complexity index is 758. The molecule has 2 aromatic carbocycles. The number of ether oxygens (including phenoxy) is 1. The van der Waals surface area contributed by atoms with Gasteiger partial charge < -0.3 is 15.4 Å². The summed E-state index contributed by atoms with van der Waals surface area (Å²) in [4.78, 5) is 23.6. The van der Waals surface area contributed by atoms with Crippen LogP contribution < -0.4 is 15.4 Å². The lowest BCUT2D eigenvalue weighted by atomic mass is 10.1. The number of carbonyl (C=O) groups is 2. The number of rotatable bonds is 7. The molecule has 2 aromatic rings. The highest BCUT2D eigenvalue weighted by molar-refractivity contribution is 5.92. The fraction of sp³-hybridized carbons (Fsp3) is 0.263. The standard InChI is InChI=1S/C19H19FN2O3/c20-16-3-1-2-4-17(16)25-12-19(24)22-14-7-5-13(6-8-14)11-18(23)21-15-9-10-15/h1-8,15H,9-12H2,(H,21,23)(H,22,24). The summed E-state index contributed by atoms with van der Waals surface area (Å²) in [6, 6.07) is 13.3. The van der Waals surface area contributed by atoms with Gasteiger partial charge in [-0.2, -0.15) is 0 Å². The predicted octanol–water partition coefficient (Wildman–Crippen LogP) is 2.66. The number of benzene rings is 2. The molecule has 0 aromatic heterocycles. The molecule has 0 radical (unpaired) electrons. The lowest BCUT2D eigenvalue weighted by Crippen LogP contribution is -2.26. The molecule has 2 amide bonds. The van der Waals surface area contributed by atoms with Crippen LogP contribution in [0.4, 0.5) is 10.1 Å². The van der Waals surface area contributed by atoms with Crippen LogP contribution in [0.25, 0.3) is 0 Å². The minimum atomic E-state index is -0.510. The number of hydrogen-bond acceptors (Lipinski definition) is 3. The summed E-state index contributed by atoms with van der Waals surface area (Å²) < 4.78 is 18.6. The maximum atomic E-state index is 13.4. The monoisotopic (exact) mass is 342 g/mol. The van der Waals surface area contributed by atoms with Crippen molar-refractivity contribution in [3.05, 3.63) is 59.9 Å². The third-order valence-electron chi connectivity index (χ3n) is 3.74. The second-order valence-corrected chi connectivity index (χ2v) is 5.98. The van der Waals surface area contributed by atoms with E-state index in [0.29, 0.717) is 18.2 Å². The highest BCUT2D eigenvalue weighted by Gasteiger charge is 2.23. The van der Waals surface area contributed by atoms with Gasteiger partial charge in [-0.15, -0.1) is 0 Å². The van der Waals surface area contributed by atoms with E-state index in [1.54, 1.807) is 36.4 Å². The van der Waals surface area contributed by atoms with Gasteiger partial charge in [-0.05, 0) is 42.7 Å². The second kappa shape index (κ2) is 7.79. The van der Waals surface area contributed by atoms with Crippen molar-refractivity contribution in [2.24, 2.45) is 0 Å². The molecule has 3 rings (SSSR count). The summed E-state index contributed by atoms with van der Waals surface area (Å²) in [5.74, 6) is -0.848. The zero-order chi connectivity index (χ0) is 17.6. The topological polar surface area (TPSA) is 67.4 Å². The molecule has 0 aliphatic heterocycles. The fourth-order valence-electron chi connectivity index (χ4n) is 2.30. The minimum absolute atomic E-state index is 0.0116. The zero-order valence-corrected chi connectivity index (χ0v) is 13.6. The molecule has 0 heterocycles. The third kappa shape index (κ3) is 5.31. The Morgan fingerprint density at radius 2 is 1.76 bits per heavy atom. The molecule has 2 N–H and O–H groups in total. The average Bonchev–Trinajstić information content (AvgIpc) is 3.40. The third-order valence-corrected chi connectivity index (χ3v) is 3.74. The summed E-state index contributed by atoms with van der Waals surface area (Å²) in [7, 11) is 0. The molecule has 0 spiro atoms. The van der Waals surface area contributed by atoms with Crippen LogP contribution in [0.2, 0.25) is 0 Å². The van der Waals surface area contributed by atoms with Crippen LogP contribution in [0.5, 0.6) is 5.75 Å². The summed E-state index contributed by atoms with van der Waals surface area (Å²) in [6.07, 6.45) is 2.44. The smallest absolute Gasteiger partial charge is 0.262 e. The molecule has 6 heteroatoms. The first-order valence-corrected chi connectivity index (χ1v) is 8.15. The van der Waals surface area contributed by atoms with E-state index >= 15 is 0 Å². The summed E-state index contributed by atoms with van der Waals surface area (Å²) in [6.45, 7) is -0.285. The molecular weight excluding hydrogens is 323 g/mol. The number of halogens is 1. The van der Waals surface area contributed by atoms with Crippen molar-refractivity contribution >= 4 is 17.5 Å². The molecule has 0 unspecified atom stereocenters. The van der Waals surface area contributed by atoms with Gasteiger partial charge in [0.15, 0.2) is 18.2 Å². The van der Waals surface area contributed by atoms with Crippen molar-refractivity contribution in [3.63, 3.8) is 0 Å². The van der Waals surface area contributed by atoms with Crippen molar-refractivity contribution in [3.8, 4) is 5.75 Å². The molecule has 0 bridgehead atoms. The summed E-state index contributed by atoms with van der Waals surface area (Å²) >= 11 is 0. The highest BCUT2D eigenvalue weighted by Crippen LogP contribution is 2.19. The van der Waals surface area contributed by atoms with E-state index in [4.69, 9.17) is 4.74 Å². The van der Waals surface area contributed by atoms with Crippen molar-refractivity contribution in [1.29, 1.82) is 0 Å².